The summed E-state index contributed by atoms with van der Waals surface area (Å²) in [4.78, 5) is 19.9. The number of H-pyrrole nitrogens is 1. The standard InChI is InChI=1S/C23H28N6/c1-4-11-28(12-5-1)18-29-16-19-15-27(14-10-20(19)24-17-29)13-6-9-23-25-21-7-2-3-8-22(21)26-23/h2-3,7-8,17H,1,4-5,10-16,18H2,(H,25,26). The highest BCUT2D eigenvalue weighted by atomic mass is 15.3. The first-order valence-corrected chi connectivity index (χ1v) is 10.7. The van der Waals surface area contributed by atoms with Gasteiger partial charge in [-0.1, -0.05) is 24.5 Å². The topological polar surface area (TPSA) is 50.8 Å². The van der Waals surface area contributed by atoms with E-state index in [9.17, 15) is 0 Å². The van der Waals surface area contributed by atoms with Crippen molar-refractivity contribution >= 4 is 17.4 Å². The summed E-state index contributed by atoms with van der Waals surface area (Å²) in [5.74, 6) is 7.25. The average Bonchev–Trinajstić information content (AvgIpc) is 3.17. The summed E-state index contributed by atoms with van der Waals surface area (Å²) in [6.45, 7) is 7.22. The normalized spacial score (nSPS) is 20.6. The number of piperidine rings is 1. The fraction of sp³-hybridized carbons (Fsp3) is 0.478. The lowest BCUT2D eigenvalue weighted by atomic mass is 10.0. The number of benzene rings is 1. The molecule has 29 heavy (non-hydrogen) atoms. The molecule has 0 unspecified atom stereocenters. The van der Waals surface area contributed by atoms with E-state index in [1.165, 1.54) is 43.6 Å². The molecule has 0 amide bonds. The van der Waals surface area contributed by atoms with Crippen LogP contribution in [0.3, 0.4) is 0 Å². The van der Waals surface area contributed by atoms with Gasteiger partial charge >= 0.3 is 0 Å². The maximum atomic E-state index is 4.76. The Balaban J connectivity index is 1.17. The van der Waals surface area contributed by atoms with Crippen molar-refractivity contribution < 1.29 is 0 Å². The molecule has 4 heterocycles. The second-order valence-corrected chi connectivity index (χ2v) is 8.23. The van der Waals surface area contributed by atoms with E-state index in [1.807, 2.05) is 24.3 Å². The van der Waals surface area contributed by atoms with Crippen LogP contribution in [0.25, 0.3) is 11.0 Å². The molecule has 1 N–H and O–H groups in total. The van der Waals surface area contributed by atoms with E-state index >= 15 is 0 Å². The van der Waals surface area contributed by atoms with Gasteiger partial charge in [0.2, 0.25) is 0 Å². The van der Waals surface area contributed by atoms with E-state index in [1.54, 1.807) is 0 Å². The minimum Gasteiger partial charge on any atom is -0.345 e. The molecule has 6 heteroatoms. The molecule has 2 aromatic rings. The van der Waals surface area contributed by atoms with Gasteiger partial charge in [-0.05, 0) is 49.6 Å². The number of hydrogen-bond acceptors (Lipinski definition) is 5. The van der Waals surface area contributed by atoms with E-state index < -0.39 is 0 Å². The van der Waals surface area contributed by atoms with Crippen LogP contribution in [0, 0.1) is 11.8 Å². The van der Waals surface area contributed by atoms with Crippen LogP contribution in [0.2, 0.25) is 0 Å². The summed E-state index contributed by atoms with van der Waals surface area (Å²) in [6, 6.07) is 8.05. The molecule has 0 radical (unpaired) electrons. The summed E-state index contributed by atoms with van der Waals surface area (Å²) in [6.07, 6.45) is 7.12. The van der Waals surface area contributed by atoms with Crippen molar-refractivity contribution in [2.45, 2.75) is 25.7 Å². The van der Waals surface area contributed by atoms with Gasteiger partial charge in [-0.15, -0.1) is 0 Å². The molecule has 0 atom stereocenters. The quantitative estimate of drug-likeness (QED) is 0.822. The second kappa shape index (κ2) is 8.40. The first-order chi connectivity index (χ1) is 14.3. The van der Waals surface area contributed by atoms with Gasteiger partial charge in [0.05, 0.1) is 30.6 Å². The molecule has 5 rings (SSSR count). The number of likely N-dealkylation sites (tertiary alicyclic amines) is 1. The number of nitrogens with zero attached hydrogens (tertiary/aromatic N) is 5. The fourth-order valence-corrected chi connectivity index (χ4v) is 4.44. The summed E-state index contributed by atoms with van der Waals surface area (Å²) >= 11 is 0. The van der Waals surface area contributed by atoms with Gasteiger partial charge in [0.15, 0.2) is 5.82 Å². The molecule has 150 valence electrons. The highest BCUT2D eigenvalue weighted by molar-refractivity contribution is 5.75. The Bertz CT molecular complexity index is 952. The summed E-state index contributed by atoms with van der Waals surface area (Å²) < 4.78 is 0. The van der Waals surface area contributed by atoms with Gasteiger partial charge in [0.25, 0.3) is 0 Å². The third-order valence-electron chi connectivity index (χ3n) is 5.99. The van der Waals surface area contributed by atoms with E-state index in [4.69, 9.17) is 4.99 Å². The van der Waals surface area contributed by atoms with Crippen LogP contribution < -0.4 is 0 Å². The molecule has 0 spiro atoms. The van der Waals surface area contributed by atoms with Crippen LogP contribution in [0.15, 0.2) is 40.5 Å². The Morgan fingerprint density at radius 3 is 2.79 bits per heavy atom. The number of aromatic amines is 1. The van der Waals surface area contributed by atoms with Crippen molar-refractivity contribution in [3.8, 4) is 11.8 Å². The first kappa shape index (κ1) is 18.4. The van der Waals surface area contributed by atoms with E-state index in [2.05, 4.69) is 42.8 Å². The molecule has 1 aromatic carbocycles. The smallest absolute Gasteiger partial charge is 0.183 e. The van der Waals surface area contributed by atoms with Crippen molar-refractivity contribution in [1.29, 1.82) is 0 Å². The first-order valence-electron chi connectivity index (χ1n) is 10.7. The number of nitrogens with one attached hydrogen (secondary N) is 1. The van der Waals surface area contributed by atoms with E-state index in [0.29, 0.717) is 0 Å². The number of fused-ring (bicyclic) bond motifs is 1. The van der Waals surface area contributed by atoms with Gasteiger partial charge in [0, 0.05) is 31.8 Å². The Hall–Kier alpha value is -2.62. The predicted octanol–water partition coefficient (Wildman–Crippen LogP) is 2.66. The number of imidazole rings is 1. The molecular formula is C23H28N6. The van der Waals surface area contributed by atoms with Crippen molar-refractivity contribution in [2.75, 3.05) is 45.9 Å². The fourth-order valence-electron chi connectivity index (χ4n) is 4.44. The van der Waals surface area contributed by atoms with Crippen LogP contribution in [-0.4, -0.2) is 76.9 Å². The van der Waals surface area contributed by atoms with Crippen molar-refractivity contribution in [1.82, 2.24) is 24.7 Å². The second-order valence-electron chi connectivity index (χ2n) is 8.23. The maximum absolute atomic E-state index is 4.76. The van der Waals surface area contributed by atoms with Gasteiger partial charge in [0.1, 0.15) is 0 Å². The molecule has 3 aliphatic heterocycles. The van der Waals surface area contributed by atoms with Crippen molar-refractivity contribution in [3.63, 3.8) is 0 Å². The molecule has 0 bridgehead atoms. The minimum absolute atomic E-state index is 0.748. The lowest BCUT2D eigenvalue weighted by molar-refractivity contribution is 0.162. The van der Waals surface area contributed by atoms with Crippen molar-refractivity contribution in [3.05, 3.63) is 41.4 Å². The average molecular weight is 389 g/mol. The van der Waals surface area contributed by atoms with Crippen LogP contribution in [0.5, 0.6) is 0 Å². The highest BCUT2D eigenvalue weighted by Crippen LogP contribution is 2.23. The SMILES string of the molecule is C(#Cc1nc2ccccc2[nH]1)CN1CCC2=C(CN(CN3CCCCC3)C=N2)C1. The van der Waals surface area contributed by atoms with E-state index in [-0.39, 0.29) is 0 Å². The van der Waals surface area contributed by atoms with Crippen LogP contribution >= 0.6 is 0 Å². The van der Waals surface area contributed by atoms with Gasteiger partial charge in [-0.3, -0.25) is 9.80 Å². The monoisotopic (exact) mass is 388 g/mol. The molecule has 3 aliphatic rings. The number of aliphatic imine (C=N–C) groups is 1. The zero-order chi connectivity index (χ0) is 19.5. The number of rotatable bonds is 3. The summed E-state index contributed by atoms with van der Waals surface area (Å²) in [7, 11) is 0. The van der Waals surface area contributed by atoms with Gasteiger partial charge < -0.3 is 9.88 Å². The predicted molar refractivity (Wildman–Crippen MR) is 117 cm³/mol. The molecule has 0 saturated carbocycles. The van der Waals surface area contributed by atoms with Gasteiger partial charge in [-0.25, -0.2) is 9.98 Å². The van der Waals surface area contributed by atoms with Crippen LogP contribution in [0.1, 0.15) is 31.5 Å². The zero-order valence-corrected chi connectivity index (χ0v) is 16.9. The Morgan fingerprint density at radius 2 is 1.90 bits per heavy atom. The lowest BCUT2D eigenvalue weighted by Gasteiger charge is -2.37. The number of para-hydroxylation sites is 2. The molecule has 1 aromatic heterocycles. The Labute approximate surface area is 172 Å². The third-order valence-corrected chi connectivity index (χ3v) is 5.99. The molecule has 6 nitrogen and oxygen atoms in total. The van der Waals surface area contributed by atoms with Crippen molar-refractivity contribution in [2.24, 2.45) is 4.99 Å². The van der Waals surface area contributed by atoms with Gasteiger partial charge in [-0.2, -0.15) is 0 Å². The number of aromatic nitrogens is 2. The van der Waals surface area contributed by atoms with Crippen LogP contribution in [0.4, 0.5) is 0 Å². The largest absolute Gasteiger partial charge is 0.345 e. The third kappa shape index (κ3) is 4.36. The Kier molecular flexibility index (Phi) is 5.33. The maximum Gasteiger partial charge on any atom is 0.183 e. The molecule has 0 aliphatic carbocycles. The molecule has 1 saturated heterocycles. The zero-order valence-electron chi connectivity index (χ0n) is 16.9. The van der Waals surface area contributed by atoms with Crippen LogP contribution in [-0.2, 0) is 0 Å². The Morgan fingerprint density at radius 1 is 1.00 bits per heavy atom. The number of hydrogen-bond donors (Lipinski definition) is 1. The molecule has 1 fully saturated rings. The molecular weight excluding hydrogens is 360 g/mol. The highest BCUT2D eigenvalue weighted by Gasteiger charge is 2.23. The summed E-state index contributed by atoms with van der Waals surface area (Å²) in [5.41, 5.74) is 4.76. The summed E-state index contributed by atoms with van der Waals surface area (Å²) in [5, 5.41) is 0. The minimum atomic E-state index is 0.748. The lowest BCUT2D eigenvalue weighted by Crippen LogP contribution is -2.44. The van der Waals surface area contributed by atoms with E-state index in [0.717, 1.165) is 56.1 Å².